The van der Waals surface area contributed by atoms with Crippen LogP contribution in [0.25, 0.3) is 0 Å². The number of imidazole rings is 1. The van der Waals surface area contributed by atoms with Gasteiger partial charge in [0.1, 0.15) is 0 Å². The molecule has 0 spiro atoms. The van der Waals surface area contributed by atoms with Gasteiger partial charge in [0.25, 0.3) is 0 Å². The Hall–Kier alpha value is -2.80. The quantitative estimate of drug-likeness (QED) is 0.502. The lowest BCUT2D eigenvalue weighted by Crippen LogP contribution is -2.50. The zero-order valence-electron chi connectivity index (χ0n) is 17.4. The van der Waals surface area contributed by atoms with E-state index < -0.39 is 0 Å². The Morgan fingerprint density at radius 3 is 2.77 bits per heavy atom. The van der Waals surface area contributed by atoms with Crippen LogP contribution in [0.15, 0.2) is 66.4 Å². The van der Waals surface area contributed by atoms with Gasteiger partial charge in [-0.3, -0.25) is 9.67 Å². The van der Waals surface area contributed by atoms with Crippen molar-refractivity contribution in [2.75, 3.05) is 26.7 Å². The maximum atomic E-state index is 6.09. The van der Waals surface area contributed by atoms with Gasteiger partial charge in [-0.05, 0) is 36.1 Å². The molecule has 2 aromatic heterocycles. The lowest BCUT2D eigenvalue weighted by atomic mass is 9.93. The van der Waals surface area contributed by atoms with Crippen LogP contribution >= 0.6 is 11.6 Å². The maximum absolute atomic E-state index is 6.09. The van der Waals surface area contributed by atoms with Crippen LogP contribution in [-0.2, 0) is 0 Å². The van der Waals surface area contributed by atoms with E-state index in [1.165, 1.54) is 0 Å². The van der Waals surface area contributed by atoms with E-state index in [1.54, 1.807) is 6.20 Å². The van der Waals surface area contributed by atoms with E-state index in [4.69, 9.17) is 11.6 Å². The van der Waals surface area contributed by atoms with Gasteiger partial charge in [-0.2, -0.15) is 5.10 Å². The molecule has 1 aliphatic heterocycles. The van der Waals surface area contributed by atoms with Crippen molar-refractivity contribution in [2.24, 2.45) is 10.9 Å². The smallest absolute Gasteiger partial charge is 0.193 e. The molecule has 0 radical (unpaired) electrons. The third-order valence-corrected chi connectivity index (χ3v) is 6.14. The molecule has 3 aromatic rings. The lowest BCUT2D eigenvalue weighted by molar-refractivity contribution is 0.188. The molecular weight excluding hydrogens is 398 g/mol. The highest BCUT2D eigenvalue weighted by atomic mass is 35.5. The number of piperidine rings is 1. The van der Waals surface area contributed by atoms with Crippen LogP contribution < -0.4 is 5.32 Å². The number of benzene rings is 1. The second kappa shape index (κ2) is 9.34. The molecule has 4 rings (SSSR count). The number of rotatable bonds is 5. The summed E-state index contributed by atoms with van der Waals surface area (Å²) in [5.41, 5.74) is 1.15. The van der Waals surface area contributed by atoms with Gasteiger partial charge in [-0.25, -0.2) is 4.98 Å². The van der Waals surface area contributed by atoms with Crippen molar-refractivity contribution in [2.45, 2.75) is 25.4 Å². The van der Waals surface area contributed by atoms with Gasteiger partial charge in [0.05, 0.1) is 18.4 Å². The molecule has 3 heterocycles. The molecule has 8 heteroatoms. The highest BCUT2D eigenvalue weighted by Crippen LogP contribution is 2.27. The summed E-state index contributed by atoms with van der Waals surface area (Å²) in [5.74, 6) is 1.51. The molecule has 1 N–H and O–H groups in total. The minimum absolute atomic E-state index is 0.0437. The van der Waals surface area contributed by atoms with Crippen molar-refractivity contribution in [3.8, 4) is 0 Å². The first kappa shape index (κ1) is 20.5. The molecule has 3 atom stereocenters. The van der Waals surface area contributed by atoms with Crippen LogP contribution in [0.5, 0.6) is 0 Å². The van der Waals surface area contributed by atoms with E-state index in [2.05, 4.69) is 55.1 Å². The van der Waals surface area contributed by atoms with Crippen LogP contribution in [0.1, 0.15) is 31.0 Å². The molecule has 7 nitrogen and oxygen atoms in total. The first-order chi connectivity index (χ1) is 14.7. The van der Waals surface area contributed by atoms with Gasteiger partial charge in [0.15, 0.2) is 5.96 Å². The Bertz CT molecular complexity index is 935. The van der Waals surface area contributed by atoms with Crippen LogP contribution in [0.4, 0.5) is 0 Å². The second-order valence-electron chi connectivity index (χ2n) is 7.77. The molecule has 30 heavy (non-hydrogen) atoms. The van der Waals surface area contributed by atoms with Gasteiger partial charge in [-0.1, -0.05) is 30.7 Å². The number of hydrogen-bond acceptors (Lipinski definition) is 3. The minimum Gasteiger partial charge on any atom is -0.354 e. The van der Waals surface area contributed by atoms with Crippen molar-refractivity contribution in [1.29, 1.82) is 0 Å². The predicted octanol–water partition coefficient (Wildman–Crippen LogP) is 3.48. The highest BCUT2D eigenvalue weighted by molar-refractivity contribution is 6.30. The fourth-order valence-corrected chi connectivity index (χ4v) is 4.26. The van der Waals surface area contributed by atoms with Crippen molar-refractivity contribution in [3.63, 3.8) is 0 Å². The van der Waals surface area contributed by atoms with Crippen LogP contribution in [-0.4, -0.2) is 56.9 Å². The minimum atomic E-state index is 0.0437. The summed E-state index contributed by atoms with van der Waals surface area (Å²) < 4.78 is 4.18. The number of aliphatic imine (C=N–C) groups is 1. The van der Waals surface area contributed by atoms with Crippen molar-refractivity contribution in [3.05, 3.63) is 72.0 Å². The molecule has 0 aliphatic carbocycles. The third kappa shape index (κ3) is 4.51. The van der Waals surface area contributed by atoms with Crippen molar-refractivity contribution >= 4 is 17.6 Å². The third-order valence-electron chi connectivity index (χ3n) is 5.89. The highest BCUT2D eigenvalue weighted by Gasteiger charge is 2.29. The Morgan fingerprint density at radius 2 is 2.10 bits per heavy atom. The summed E-state index contributed by atoms with van der Waals surface area (Å²) in [4.78, 5) is 11.1. The van der Waals surface area contributed by atoms with E-state index in [1.807, 2.05) is 48.6 Å². The second-order valence-corrected chi connectivity index (χ2v) is 8.21. The summed E-state index contributed by atoms with van der Waals surface area (Å²) in [7, 11) is 1.85. The SMILES string of the molecule is CN=C(NCC(c1ccc(Cl)cc1)n1cccn1)N1CCC(C)C(n2ccnc2)C1. The molecule has 0 amide bonds. The topological polar surface area (TPSA) is 63.3 Å². The van der Waals surface area contributed by atoms with Gasteiger partial charge in [0, 0.05) is 56.5 Å². The van der Waals surface area contributed by atoms with Crippen molar-refractivity contribution in [1.82, 2.24) is 29.5 Å². The molecule has 3 unspecified atom stereocenters. The van der Waals surface area contributed by atoms with Gasteiger partial charge >= 0.3 is 0 Å². The summed E-state index contributed by atoms with van der Waals surface area (Å²) in [5, 5.41) is 8.78. The number of guanidine groups is 1. The molecule has 1 aliphatic rings. The van der Waals surface area contributed by atoms with E-state index in [9.17, 15) is 0 Å². The zero-order valence-corrected chi connectivity index (χ0v) is 18.2. The number of nitrogens with one attached hydrogen (secondary N) is 1. The van der Waals surface area contributed by atoms with Crippen molar-refractivity contribution < 1.29 is 0 Å². The Kier molecular flexibility index (Phi) is 6.38. The lowest BCUT2D eigenvalue weighted by Gasteiger charge is -2.39. The van der Waals surface area contributed by atoms with E-state index in [0.717, 1.165) is 36.1 Å². The standard InChI is InChI=1S/C22H28ClN7/c1-17-8-12-28(15-21(17)29-13-10-25-16-29)22(24-2)26-14-20(30-11-3-9-27-30)18-4-6-19(23)7-5-18/h3-7,9-11,13,16-17,20-21H,8,12,14-15H2,1-2H3,(H,24,26). The normalized spacial score (nSPS) is 20.9. The summed E-state index contributed by atoms with van der Waals surface area (Å²) in [6.45, 7) is 4.88. The van der Waals surface area contributed by atoms with Crippen LogP contribution in [0.2, 0.25) is 5.02 Å². The summed E-state index contributed by atoms with van der Waals surface area (Å²) in [6, 6.07) is 10.3. The summed E-state index contributed by atoms with van der Waals surface area (Å²) >= 11 is 6.09. The number of likely N-dealkylation sites (tertiary alicyclic amines) is 1. The zero-order chi connectivity index (χ0) is 20.9. The fraction of sp³-hybridized carbons (Fsp3) is 0.409. The van der Waals surface area contributed by atoms with Crippen LogP contribution in [0.3, 0.4) is 0 Å². The fourth-order valence-electron chi connectivity index (χ4n) is 4.13. The van der Waals surface area contributed by atoms with E-state index >= 15 is 0 Å². The molecule has 0 bridgehead atoms. The molecular formula is C22H28ClN7. The molecule has 158 valence electrons. The maximum Gasteiger partial charge on any atom is 0.193 e. The number of halogens is 1. The number of aromatic nitrogens is 4. The van der Waals surface area contributed by atoms with E-state index in [0.29, 0.717) is 18.5 Å². The van der Waals surface area contributed by atoms with Crippen LogP contribution in [0, 0.1) is 5.92 Å². The van der Waals surface area contributed by atoms with Gasteiger partial charge < -0.3 is 14.8 Å². The average molecular weight is 426 g/mol. The first-order valence-electron chi connectivity index (χ1n) is 10.3. The number of hydrogen-bond donors (Lipinski definition) is 1. The average Bonchev–Trinajstić information content (AvgIpc) is 3.47. The van der Waals surface area contributed by atoms with Gasteiger partial charge in [0.2, 0.25) is 0 Å². The number of nitrogens with zero attached hydrogens (tertiary/aromatic N) is 6. The summed E-state index contributed by atoms with van der Waals surface area (Å²) in [6.07, 6.45) is 10.7. The largest absolute Gasteiger partial charge is 0.354 e. The van der Waals surface area contributed by atoms with E-state index in [-0.39, 0.29) is 6.04 Å². The Labute approximate surface area is 182 Å². The molecule has 1 fully saturated rings. The van der Waals surface area contributed by atoms with Gasteiger partial charge in [-0.15, -0.1) is 0 Å². The Morgan fingerprint density at radius 1 is 1.27 bits per heavy atom. The molecule has 1 saturated heterocycles. The predicted molar refractivity (Wildman–Crippen MR) is 120 cm³/mol. The molecule has 1 aromatic carbocycles. The molecule has 0 saturated carbocycles. The monoisotopic (exact) mass is 425 g/mol. The Balaban J connectivity index is 1.48. The first-order valence-corrected chi connectivity index (χ1v) is 10.7.